The molecule has 0 amide bonds. The van der Waals surface area contributed by atoms with E-state index in [0.29, 0.717) is 16.9 Å². The summed E-state index contributed by atoms with van der Waals surface area (Å²) in [5, 5.41) is 4.31. The van der Waals surface area contributed by atoms with Crippen LogP contribution >= 0.6 is 0 Å². The molecule has 4 heteroatoms. The van der Waals surface area contributed by atoms with Crippen LogP contribution in [0.1, 0.15) is 21.7 Å². The SMILES string of the molecule is [C-]#[N+]c1ccc(-n2nc(C)c(C=O)c2C)cc1. The van der Waals surface area contributed by atoms with Gasteiger partial charge in [-0.15, -0.1) is 0 Å². The van der Waals surface area contributed by atoms with Crippen LogP contribution in [0.15, 0.2) is 24.3 Å². The van der Waals surface area contributed by atoms with Crippen molar-refractivity contribution < 1.29 is 4.79 Å². The zero-order valence-electron chi connectivity index (χ0n) is 9.64. The van der Waals surface area contributed by atoms with E-state index in [1.165, 1.54) is 0 Å². The molecular formula is C13H11N3O. The second kappa shape index (κ2) is 4.22. The van der Waals surface area contributed by atoms with Gasteiger partial charge in [-0.2, -0.15) is 5.10 Å². The summed E-state index contributed by atoms with van der Waals surface area (Å²) in [7, 11) is 0. The van der Waals surface area contributed by atoms with Crippen LogP contribution in [-0.2, 0) is 0 Å². The van der Waals surface area contributed by atoms with Crippen molar-refractivity contribution in [2.45, 2.75) is 13.8 Å². The van der Waals surface area contributed by atoms with Gasteiger partial charge in [-0.25, -0.2) is 9.53 Å². The van der Waals surface area contributed by atoms with Crippen molar-refractivity contribution in [1.29, 1.82) is 0 Å². The average molecular weight is 225 g/mol. The molecule has 0 atom stereocenters. The van der Waals surface area contributed by atoms with Crippen molar-refractivity contribution in [1.82, 2.24) is 9.78 Å². The second-order valence-electron chi connectivity index (χ2n) is 3.74. The van der Waals surface area contributed by atoms with E-state index in [1.54, 1.807) is 23.7 Å². The van der Waals surface area contributed by atoms with Gasteiger partial charge in [0.25, 0.3) is 0 Å². The summed E-state index contributed by atoms with van der Waals surface area (Å²) in [6, 6.07) is 7.11. The first-order chi connectivity index (χ1) is 8.17. The molecule has 2 aromatic rings. The monoisotopic (exact) mass is 225 g/mol. The highest BCUT2D eigenvalue weighted by molar-refractivity contribution is 5.78. The molecule has 0 aliphatic heterocycles. The van der Waals surface area contributed by atoms with Crippen LogP contribution in [0.3, 0.4) is 0 Å². The third kappa shape index (κ3) is 1.83. The summed E-state index contributed by atoms with van der Waals surface area (Å²) < 4.78 is 1.72. The van der Waals surface area contributed by atoms with Gasteiger partial charge in [0.05, 0.1) is 29.2 Å². The van der Waals surface area contributed by atoms with Gasteiger partial charge in [-0.3, -0.25) is 4.79 Å². The lowest BCUT2D eigenvalue weighted by molar-refractivity contribution is 0.112. The Morgan fingerprint density at radius 1 is 1.29 bits per heavy atom. The summed E-state index contributed by atoms with van der Waals surface area (Å²) in [6.45, 7) is 10.5. The van der Waals surface area contributed by atoms with E-state index in [1.807, 2.05) is 19.1 Å². The van der Waals surface area contributed by atoms with Gasteiger partial charge < -0.3 is 0 Å². The standard InChI is InChI=1S/C13H11N3O/c1-9-13(8-17)10(2)16(15-9)12-6-4-11(14-3)5-7-12/h4-8H,1-2H3. The average Bonchev–Trinajstić information content (AvgIpc) is 2.64. The molecule has 1 aromatic carbocycles. The third-order valence-electron chi connectivity index (χ3n) is 2.69. The van der Waals surface area contributed by atoms with Gasteiger partial charge >= 0.3 is 0 Å². The van der Waals surface area contributed by atoms with E-state index in [9.17, 15) is 4.79 Å². The first-order valence-corrected chi connectivity index (χ1v) is 5.16. The summed E-state index contributed by atoms with van der Waals surface area (Å²) in [4.78, 5) is 14.2. The minimum atomic E-state index is 0.589. The first kappa shape index (κ1) is 11.1. The maximum absolute atomic E-state index is 10.9. The number of aromatic nitrogens is 2. The fourth-order valence-corrected chi connectivity index (χ4v) is 1.75. The quantitative estimate of drug-likeness (QED) is 0.582. The van der Waals surface area contributed by atoms with E-state index in [-0.39, 0.29) is 0 Å². The molecule has 4 nitrogen and oxygen atoms in total. The summed E-state index contributed by atoms with van der Waals surface area (Å²) in [5.74, 6) is 0. The highest BCUT2D eigenvalue weighted by atomic mass is 16.1. The van der Waals surface area contributed by atoms with E-state index in [0.717, 1.165) is 17.7 Å². The molecule has 0 N–H and O–H groups in total. The Morgan fingerprint density at radius 3 is 2.41 bits per heavy atom. The zero-order chi connectivity index (χ0) is 12.4. The Kier molecular flexibility index (Phi) is 2.75. The predicted octanol–water partition coefficient (Wildman–Crippen LogP) is 2.85. The van der Waals surface area contributed by atoms with Crippen LogP contribution in [0, 0.1) is 20.4 Å². The van der Waals surface area contributed by atoms with Gasteiger partial charge in [0.15, 0.2) is 12.0 Å². The summed E-state index contributed by atoms with van der Waals surface area (Å²) >= 11 is 0. The fourth-order valence-electron chi connectivity index (χ4n) is 1.75. The number of nitrogens with zero attached hydrogens (tertiary/aromatic N) is 3. The van der Waals surface area contributed by atoms with Crippen LogP contribution in [-0.4, -0.2) is 16.1 Å². The van der Waals surface area contributed by atoms with Crippen molar-refractivity contribution in [3.63, 3.8) is 0 Å². The number of rotatable bonds is 2. The van der Waals surface area contributed by atoms with Crippen molar-refractivity contribution in [3.8, 4) is 5.69 Å². The van der Waals surface area contributed by atoms with Gasteiger partial charge in [0, 0.05) is 0 Å². The second-order valence-corrected chi connectivity index (χ2v) is 3.74. The van der Waals surface area contributed by atoms with E-state index in [2.05, 4.69) is 9.94 Å². The summed E-state index contributed by atoms with van der Waals surface area (Å²) in [5.41, 5.74) is 3.59. The van der Waals surface area contributed by atoms with Crippen molar-refractivity contribution in [2.24, 2.45) is 0 Å². The van der Waals surface area contributed by atoms with Crippen LogP contribution in [0.25, 0.3) is 10.5 Å². The molecule has 0 fully saturated rings. The maximum Gasteiger partial charge on any atom is 0.187 e. The van der Waals surface area contributed by atoms with Crippen LogP contribution in [0.2, 0.25) is 0 Å². The predicted molar refractivity (Wildman–Crippen MR) is 64.7 cm³/mol. The molecule has 2 rings (SSSR count). The molecule has 1 aromatic heterocycles. The molecule has 1 heterocycles. The number of aldehydes is 1. The molecule has 0 spiro atoms. The molecule has 17 heavy (non-hydrogen) atoms. The molecular weight excluding hydrogens is 214 g/mol. The third-order valence-corrected chi connectivity index (χ3v) is 2.69. The van der Waals surface area contributed by atoms with E-state index in [4.69, 9.17) is 6.57 Å². The van der Waals surface area contributed by atoms with Crippen LogP contribution in [0.4, 0.5) is 5.69 Å². The number of aryl methyl sites for hydroxylation is 1. The Balaban J connectivity index is 2.53. The normalized spacial score (nSPS) is 9.94. The maximum atomic E-state index is 10.9. The van der Waals surface area contributed by atoms with Gasteiger partial charge in [-0.05, 0) is 26.0 Å². The number of hydrogen-bond donors (Lipinski definition) is 0. The number of benzene rings is 1. The fraction of sp³-hybridized carbons (Fsp3) is 0.154. The minimum Gasteiger partial charge on any atom is -0.298 e. The van der Waals surface area contributed by atoms with E-state index < -0.39 is 0 Å². The molecule has 0 aliphatic rings. The lowest BCUT2D eigenvalue weighted by Crippen LogP contribution is -1.98. The Hall–Kier alpha value is -2.41. The van der Waals surface area contributed by atoms with Crippen LogP contribution < -0.4 is 0 Å². The Bertz CT molecular complexity index is 603. The van der Waals surface area contributed by atoms with Crippen LogP contribution in [0.5, 0.6) is 0 Å². The molecule has 0 saturated carbocycles. The molecule has 0 bridgehead atoms. The van der Waals surface area contributed by atoms with Gasteiger partial charge in [0.2, 0.25) is 0 Å². The number of carbonyl (C=O) groups is 1. The molecule has 0 saturated heterocycles. The number of carbonyl (C=O) groups excluding carboxylic acids is 1. The van der Waals surface area contributed by atoms with Crippen molar-refractivity contribution in [2.75, 3.05) is 0 Å². The molecule has 84 valence electrons. The lowest BCUT2D eigenvalue weighted by atomic mass is 10.2. The largest absolute Gasteiger partial charge is 0.298 e. The first-order valence-electron chi connectivity index (χ1n) is 5.16. The molecule has 0 unspecified atom stereocenters. The number of hydrogen-bond acceptors (Lipinski definition) is 2. The highest BCUT2D eigenvalue weighted by Crippen LogP contribution is 2.19. The Labute approximate surface area is 99.3 Å². The van der Waals surface area contributed by atoms with Gasteiger partial charge in [-0.1, -0.05) is 12.1 Å². The van der Waals surface area contributed by atoms with Gasteiger partial charge in [0.1, 0.15) is 0 Å². The molecule has 0 aliphatic carbocycles. The lowest BCUT2D eigenvalue weighted by Gasteiger charge is -2.04. The smallest absolute Gasteiger partial charge is 0.187 e. The Morgan fingerprint density at radius 2 is 1.94 bits per heavy atom. The van der Waals surface area contributed by atoms with E-state index >= 15 is 0 Å². The molecule has 0 radical (unpaired) electrons. The summed E-state index contributed by atoms with van der Waals surface area (Å²) in [6.07, 6.45) is 0.821. The highest BCUT2D eigenvalue weighted by Gasteiger charge is 2.11. The topological polar surface area (TPSA) is 39.2 Å². The zero-order valence-corrected chi connectivity index (χ0v) is 9.64. The van der Waals surface area contributed by atoms with Crippen molar-refractivity contribution in [3.05, 3.63) is 52.6 Å². The van der Waals surface area contributed by atoms with Crippen molar-refractivity contribution >= 4 is 12.0 Å². The minimum absolute atomic E-state index is 0.589.